The summed E-state index contributed by atoms with van der Waals surface area (Å²) in [4.78, 5) is 31.6. The van der Waals surface area contributed by atoms with Gasteiger partial charge in [-0.2, -0.15) is 5.10 Å². The fourth-order valence-corrected chi connectivity index (χ4v) is 4.07. The number of nitrogens with zero attached hydrogens (tertiary/aromatic N) is 3. The highest BCUT2D eigenvalue weighted by molar-refractivity contribution is 6.06. The first kappa shape index (κ1) is 15.1. The Morgan fingerprint density at radius 1 is 1.12 bits per heavy atom. The first-order chi connectivity index (χ1) is 12.7. The molecule has 2 aliphatic heterocycles. The first-order valence-corrected chi connectivity index (χ1v) is 8.68. The number of aromatic amines is 1. The Kier molecular flexibility index (Phi) is 3.12. The van der Waals surface area contributed by atoms with Gasteiger partial charge in [0.2, 0.25) is 5.91 Å². The Bertz CT molecular complexity index is 1030. The smallest absolute Gasteiger partial charge is 0.272 e. The van der Waals surface area contributed by atoms with E-state index < -0.39 is 5.41 Å². The van der Waals surface area contributed by atoms with Crippen molar-refractivity contribution in [1.82, 2.24) is 20.1 Å². The number of hydrogen-bond donors (Lipinski definition) is 2. The molecule has 7 heteroatoms. The van der Waals surface area contributed by atoms with E-state index >= 15 is 0 Å². The molecule has 26 heavy (non-hydrogen) atoms. The van der Waals surface area contributed by atoms with Crippen molar-refractivity contribution in [2.75, 3.05) is 18.4 Å². The third kappa shape index (κ3) is 2.06. The van der Waals surface area contributed by atoms with E-state index in [4.69, 9.17) is 0 Å². The normalized spacial score (nSPS) is 18.2. The molecule has 0 atom stereocenters. The van der Waals surface area contributed by atoms with Crippen LogP contribution in [0.25, 0.3) is 11.0 Å². The van der Waals surface area contributed by atoms with Crippen LogP contribution < -0.4 is 5.32 Å². The molecule has 3 aromatic rings. The average molecular weight is 347 g/mol. The van der Waals surface area contributed by atoms with Gasteiger partial charge in [-0.25, -0.2) is 4.98 Å². The molecule has 0 unspecified atom stereocenters. The molecule has 2 amide bonds. The van der Waals surface area contributed by atoms with Crippen LogP contribution in [-0.4, -0.2) is 45.0 Å². The molecule has 0 radical (unpaired) electrons. The van der Waals surface area contributed by atoms with E-state index in [0.29, 0.717) is 37.3 Å². The summed E-state index contributed by atoms with van der Waals surface area (Å²) < 4.78 is 0. The quantitative estimate of drug-likeness (QED) is 0.705. The van der Waals surface area contributed by atoms with Crippen LogP contribution >= 0.6 is 0 Å². The van der Waals surface area contributed by atoms with Gasteiger partial charge in [-0.1, -0.05) is 18.2 Å². The summed E-state index contributed by atoms with van der Waals surface area (Å²) in [7, 11) is 0. The number of carbonyl (C=O) groups excluding carboxylic acids is 2. The lowest BCUT2D eigenvalue weighted by molar-refractivity contribution is -0.122. The van der Waals surface area contributed by atoms with Crippen LogP contribution in [0.15, 0.2) is 42.6 Å². The van der Waals surface area contributed by atoms with E-state index in [0.717, 1.165) is 16.6 Å². The number of H-pyrrole nitrogens is 1. The minimum atomic E-state index is -0.520. The number of rotatable bonds is 1. The molecule has 1 spiro atoms. The highest BCUT2D eigenvalue weighted by atomic mass is 16.2. The fourth-order valence-electron chi connectivity index (χ4n) is 4.07. The van der Waals surface area contributed by atoms with Gasteiger partial charge in [0.05, 0.1) is 11.6 Å². The SMILES string of the molecule is O=C(c1ccc2cn[nH]c2n1)N1CCC2(CC1)C(=O)Nc1ccccc12. The monoisotopic (exact) mass is 347 g/mol. The van der Waals surface area contributed by atoms with Crippen molar-refractivity contribution in [1.29, 1.82) is 0 Å². The Labute approximate surface area is 149 Å². The summed E-state index contributed by atoms with van der Waals surface area (Å²) in [6.45, 7) is 1.06. The maximum Gasteiger partial charge on any atom is 0.272 e. The second-order valence-corrected chi connectivity index (χ2v) is 6.88. The molecule has 0 bridgehead atoms. The van der Waals surface area contributed by atoms with Gasteiger partial charge in [0, 0.05) is 24.2 Å². The largest absolute Gasteiger partial charge is 0.337 e. The highest BCUT2D eigenvalue weighted by Crippen LogP contribution is 2.44. The number of likely N-dealkylation sites (tertiary alicyclic amines) is 1. The number of benzene rings is 1. The van der Waals surface area contributed by atoms with Crippen molar-refractivity contribution in [3.05, 3.63) is 53.9 Å². The van der Waals surface area contributed by atoms with Gasteiger partial charge in [-0.15, -0.1) is 0 Å². The van der Waals surface area contributed by atoms with Crippen LogP contribution in [0.3, 0.4) is 0 Å². The lowest BCUT2D eigenvalue weighted by atomic mass is 9.73. The summed E-state index contributed by atoms with van der Waals surface area (Å²) >= 11 is 0. The van der Waals surface area contributed by atoms with Crippen molar-refractivity contribution >= 4 is 28.5 Å². The number of para-hydroxylation sites is 1. The number of carbonyl (C=O) groups is 2. The predicted molar refractivity (Wildman–Crippen MR) is 95.8 cm³/mol. The number of amides is 2. The minimum Gasteiger partial charge on any atom is -0.337 e. The van der Waals surface area contributed by atoms with Gasteiger partial charge in [0.15, 0.2) is 5.65 Å². The molecular weight excluding hydrogens is 330 g/mol. The maximum absolute atomic E-state index is 12.8. The molecule has 2 N–H and O–H groups in total. The lowest BCUT2D eigenvalue weighted by Gasteiger charge is -2.37. The number of fused-ring (bicyclic) bond motifs is 3. The van der Waals surface area contributed by atoms with E-state index in [-0.39, 0.29) is 11.8 Å². The standard InChI is InChI=1S/C19H17N5O2/c25-17(15-6-5-12-11-20-23-16(12)21-15)24-9-7-19(8-10-24)13-3-1-2-4-14(13)22-18(19)26/h1-6,11H,7-10H2,(H,22,26)(H,20,21,23). The van der Waals surface area contributed by atoms with Gasteiger partial charge < -0.3 is 10.2 Å². The number of piperidine rings is 1. The fraction of sp³-hybridized carbons (Fsp3) is 0.263. The van der Waals surface area contributed by atoms with Crippen molar-refractivity contribution in [2.24, 2.45) is 0 Å². The Hall–Kier alpha value is -3.22. The molecule has 1 aromatic carbocycles. The molecule has 2 aliphatic rings. The summed E-state index contributed by atoms with van der Waals surface area (Å²) in [5.41, 5.74) is 2.42. The van der Waals surface area contributed by atoms with Crippen LogP contribution in [0.1, 0.15) is 28.9 Å². The van der Waals surface area contributed by atoms with Gasteiger partial charge in [0.1, 0.15) is 5.69 Å². The first-order valence-electron chi connectivity index (χ1n) is 8.68. The van der Waals surface area contributed by atoms with Crippen LogP contribution in [0.4, 0.5) is 5.69 Å². The number of pyridine rings is 1. The van der Waals surface area contributed by atoms with Gasteiger partial charge in [-0.3, -0.25) is 14.7 Å². The van der Waals surface area contributed by atoms with Crippen molar-refractivity contribution < 1.29 is 9.59 Å². The number of hydrogen-bond acceptors (Lipinski definition) is 4. The van der Waals surface area contributed by atoms with E-state index in [1.165, 1.54) is 0 Å². The predicted octanol–water partition coefficient (Wildman–Crippen LogP) is 2.08. The maximum atomic E-state index is 12.8. The third-order valence-electron chi connectivity index (χ3n) is 5.55. The van der Waals surface area contributed by atoms with Crippen LogP contribution in [-0.2, 0) is 10.2 Å². The number of aromatic nitrogens is 3. The molecular formula is C19H17N5O2. The Morgan fingerprint density at radius 2 is 1.92 bits per heavy atom. The topological polar surface area (TPSA) is 91.0 Å². The van der Waals surface area contributed by atoms with Gasteiger partial charge in [-0.05, 0) is 36.6 Å². The summed E-state index contributed by atoms with van der Waals surface area (Å²) in [6.07, 6.45) is 2.92. The molecule has 1 saturated heterocycles. The zero-order valence-corrected chi connectivity index (χ0v) is 14.0. The average Bonchev–Trinajstić information content (AvgIpc) is 3.25. The van der Waals surface area contributed by atoms with Gasteiger partial charge >= 0.3 is 0 Å². The van der Waals surface area contributed by atoms with E-state index in [1.54, 1.807) is 17.2 Å². The van der Waals surface area contributed by atoms with Crippen molar-refractivity contribution in [3.8, 4) is 0 Å². The Balaban J connectivity index is 1.39. The zero-order chi connectivity index (χ0) is 17.7. The molecule has 2 aromatic heterocycles. The molecule has 5 rings (SSSR count). The van der Waals surface area contributed by atoms with Crippen LogP contribution in [0, 0.1) is 0 Å². The second kappa shape index (κ2) is 5.39. The molecule has 0 aliphatic carbocycles. The molecule has 1 fully saturated rings. The van der Waals surface area contributed by atoms with Crippen molar-refractivity contribution in [2.45, 2.75) is 18.3 Å². The summed E-state index contributed by atoms with van der Waals surface area (Å²) in [5.74, 6) is -0.0640. The lowest BCUT2D eigenvalue weighted by Crippen LogP contribution is -2.48. The molecule has 4 heterocycles. The third-order valence-corrected chi connectivity index (χ3v) is 5.55. The van der Waals surface area contributed by atoms with Crippen molar-refractivity contribution in [3.63, 3.8) is 0 Å². The molecule has 0 saturated carbocycles. The molecule has 7 nitrogen and oxygen atoms in total. The second-order valence-electron chi connectivity index (χ2n) is 6.88. The number of nitrogens with one attached hydrogen (secondary N) is 2. The van der Waals surface area contributed by atoms with E-state index in [1.807, 2.05) is 30.3 Å². The highest BCUT2D eigenvalue weighted by Gasteiger charge is 2.48. The van der Waals surface area contributed by atoms with E-state index in [9.17, 15) is 9.59 Å². The van der Waals surface area contributed by atoms with E-state index in [2.05, 4.69) is 20.5 Å². The zero-order valence-electron chi connectivity index (χ0n) is 14.0. The Morgan fingerprint density at radius 3 is 2.77 bits per heavy atom. The molecule has 130 valence electrons. The summed E-state index contributed by atoms with van der Waals surface area (Å²) in [5, 5.41) is 10.6. The van der Waals surface area contributed by atoms with Gasteiger partial charge in [0.25, 0.3) is 5.91 Å². The summed E-state index contributed by atoms with van der Waals surface area (Å²) in [6, 6.07) is 11.4. The van der Waals surface area contributed by atoms with Crippen LogP contribution in [0.2, 0.25) is 0 Å². The number of anilines is 1. The van der Waals surface area contributed by atoms with Crippen LogP contribution in [0.5, 0.6) is 0 Å². The minimum absolute atomic E-state index is 0.0443.